The Morgan fingerprint density at radius 3 is 2.31 bits per heavy atom. The van der Waals surface area contributed by atoms with Crippen molar-refractivity contribution < 1.29 is 24.5 Å². The van der Waals surface area contributed by atoms with E-state index in [1.807, 2.05) is 73.1 Å². The molecular formula is C32H26IrN2O-2. The van der Waals surface area contributed by atoms with Gasteiger partial charge in [0.25, 0.3) is 0 Å². The van der Waals surface area contributed by atoms with Crippen LogP contribution >= 0.6 is 0 Å². The molecule has 3 nitrogen and oxygen atoms in total. The van der Waals surface area contributed by atoms with Crippen LogP contribution in [0.5, 0.6) is 0 Å². The van der Waals surface area contributed by atoms with E-state index in [-0.39, 0.29) is 20.1 Å². The van der Waals surface area contributed by atoms with Crippen LogP contribution in [0.3, 0.4) is 0 Å². The summed E-state index contributed by atoms with van der Waals surface area (Å²) in [6.07, 6.45) is 3.69. The molecule has 0 saturated heterocycles. The van der Waals surface area contributed by atoms with Crippen LogP contribution in [0.2, 0.25) is 0 Å². The fourth-order valence-electron chi connectivity index (χ4n) is 4.06. The molecule has 0 bridgehead atoms. The molecule has 0 amide bonds. The molecule has 1 radical (unpaired) electrons. The van der Waals surface area contributed by atoms with Crippen LogP contribution in [0.4, 0.5) is 0 Å². The first-order chi connectivity index (χ1) is 17.1. The third-order valence-corrected chi connectivity index (χ3v) is 5.95. The largest absolute Gasteiger partial charge is 0.501 e. The van der Waals surface area contributed by atoms with E-state index in [1.165, 1.54) is 11.1 Å². The number of aromatic nitrogens is 2. The Balaban J connectivity index is 0.000000172. The number of rotatable bonds is 3. The van der Waals surface area contributed by atoms with Crippen LogP contribution < -0.4 is 0 Å². The fourth-order valence-corrected chi connectivity index (χ4v) is 4.06. The summed E-state index contributed by atoms with van der Waals surface area (Å²) >= 11 is 0. The summed E-state index contributed by atoms with van der Waals surface area (Å²) < 4.78 is 6.01. The van der Waals surface area contributed by atoms with Gasteiger partial charge in [-0.25, -0.2) is 0 Å². The van der Waals surface area contributed by atoms with Gasteiger partial charge in [-0.2, -0.15) is 0 Å². The van der Waals surface area contributed by atoms with Gasteiger partial charge in [0.05, 0.1) is 5.58 Å². The minimum Gasteiger partial charge on any atom is -0.501 e. The standard InChI is InChI=1S/C18H12NO.C14H14N.Ir/c1-12-9-10-19-16(11-12)15-7-4-6-14-13-5-2-3-8-17(13)20-18(14)15;1-11(2)13-8-9-15-14(10-13)12-6-4-3-5-7-12;/h2-6,8-11H,1H3;3-6,8-11H,1-2H3;/q2*-1;. The second-order valence-corrected chi connectivity index (χ2v) is 8.82. The summed E-state index contributed by atoms with van der Waals surface area (Å²) in [6.45, 7) is 6.44. The average molecular weight is 647 g/mol. The van der Waals surface area contributed by atoms with E-state index in [4.69, 9.17) is 4.42 Å². The Bertz CT molecular complexity index is 1590. The van der Waals surface area contributed by atoms with Crippen molar-refractivity contribution in [3.63, 3.8) is 0 Å². The number of aryl methyl sites for hydroxylation is 1. The van der Waals surface area contributed by atoms with Gasteiger partial charge < -0.3 is 14.4 Å². The van der Waals surface area contributed by atoms with Gasteiger partial charge in [0.1, 0.15) is 5.58 Å². The average Bonchev–Trinajstić information content (AvgIpc) is 3.29. The molecule has 0 saturated carbocycles. The Morgan fingerprint density at radius 1 is 0.750 bits per heavy atom. The molecule has 3 heterocycles. The van der Waals surface area contributed by atoms with Crippen LogP contribution in [0.25, 0.3) is 44.5 Å². The van der Waals surface area contributed by atoms with Crippen LogP contribution in [-0.2, 0) is 20.1 Å². The number of nitrogens with zero attached hydrogens (tertiary/aromatic N) is 2. The van der Waals surface area contributed by atoms with E-state index in [0.29, 0.717) is 5.92 Å². The molecule has 0 unspecified atom stereocenters. The van der Waals surface area contributed by atoms with Gasteiger partial charge in [-0.05, 0) is 42.4 Å². The van der Waals surface area contributed by atoms with Gasteiger partial charge in [-0.3, -0.25) is 0 Å². The molecule has 0 atom stereocenters. The second kappa shape index (κ2) is 11.4. The zero-order chi connectivity index (χ0) is 24.2. The molecule has 181 valence electrons. The second-order valence-electron chi connectivity index (χ2n) is 8.82. The first-order valence-corrected chi connectivity index (χ1v) is 11.8. The molecule has 0 N–H and O–H groups in total. The van der Waals surface area contributed by atoms with Crippen molar-refractivity contribution >= 4 is 21.9 Å². The van der Waals surface area contributed by atoms with E-state index in [1.54, 1.807) is 0 Å². The fraction of sp³-hybridized carbons (Fsp3) is 0.125. The smallest absolute Gasteiger partial charge is 0.120 e. The first kappa shape index (κ1) is 25.5. The molecule has 0 spiro atoms. The molecule has 6 aromatic rings. The van der Waals surface area contributed by atoms with E-state index in [2.05, 4.69) is 67.1 Å². The van der Waals surface area contributed by atoms with Crippen LogP contribution in [0.1, 0.15) is 30.9 Å². The molecule has 6 rings (SSSR count). The quantitative estimate of drug-likeness (QED) is 0.181. The number of pyridine rings is 2. The minimum atomic E-state index is 0. The molecule has 4 heteroatoms. The van der Waals surface area contributed by atoms with E-state index in [0.717, 1.165) is 44.5 Å². The van der Waals surface area contributed by atoms with Crippen molar-refractivity contribution in [2.75, 3.05) is 0 Å². The summed E-state index contributed by atoms with van der Waals surface area (Å²) in [4.78, 5) is 8.80. The van der Waals surface area contributed by atoms with Crippen LogP contribution in [-0.4, -0.2) is 9.97 Å². The third kappa shape index (κ3) is 5.46. The van der Waals surface area contributed by atoms with E-state index >= 15 is 0 Å². The molecule has 3 aromatic carbocycles. The van der Waals surface area contributed by atoms with Crippen LogP contribution in [0, 0.1) is 19.1 Å². The summed E-state index contributed by atoms with van der Waals surface area (Å²) in [5, 5.41) is 2.24. The molecule has 3 aromatic heterocycles. The molecule has 0 aliphatic carbocycles. The zero-order valence-electron chi connectivity index (χ0n) is 20.5. The number of para-hydroxylation sites is 1. The monoisotopic (exact) mass is 647 g/mol. The van der Waals surface area contributed by atoms with Gasteiger partial charge in [-0.1, -0.05) is 66.3 Å². The summed E-state index contributed by atoms with van der Waals surface area (Å²) in [7, 11) is 0. The summed E-state index contributed by atoms with van der Waals surface area (Å²) in [5.41, 5.74) is 8.12. The summed E-state index contributed by atoms with van der Waals surface area (Å²) in [5.74, 6) is 0.537. The van der Waals surface area contributed by atoms with Crippen molar-refractivity contribution in [1.82, 2.24) is 9.97 Å². The number of hydrogen-bond donors (Lipinski definition) is 0. The molecule has 0 aliphatic heterocycles. The van der Waals surface area contributed by atoms with Crippen molar-refractivity contribution in [1.29, 1.82) is 0 Å². The van der Waals surface area contributed by atoms with Gasteiger partial charge in [0, 0.05) is 37.9 Å². The number of hydrogen-bond acceptors (Lipinski definition) is 3. The Kier molecular flexibility index (Phi) is 8.10. The van der Waals surface area contributed by atoms with Gasteiger partial charge >= 0.3 is 0 Å². The molecule has 0 aliphatic rings. The van der Waals surface area contributed by atoms with Crippen molar-refractivity contribution in [2.45, 2.75) is 26.7 Å². The third-order valence-electron chi connectivity index (χ3n) is 5.95. The first-order valence-electron chi connectivity index (χ1n) is 11.8. The van der Waals surface area contributed by atoms with Gasteiger partial charge in [0.15, 0.2) is 0 Å². The maximum atomic E-state index is 6.01. The molecule has 0 fully saturated rings. The predicted molar refractivity (Wildman–Crippen MR) is 143 cm³/mol. The van der Waals surface area contributed by atoms with Gasteiger partial charge in [0.2, 0.25) is 0 Å². The Morgan fingerprint density at radius 2 is 1.53 bits per heavy atom. The number of benzene rings is 3. The zero-order valence-corrected chi connectivity index (χ0v) is 22.8. The normalized spacial score (nSPS) is 10.7. The maximum absolute atomic E-state index is 6.01. The Hall–Kier alpha value is -3.59. The van der Waals surface area contributed by atoms with Gasteiger partial charge in [-0.15, -0.1) is 54.1 Å². The van der Waals surface area contributed by atoms with E-state index < -0.39 is 0 Å². The minimum absolute atomic E-state index is 0. The van der Waals surface area contributed by atoms with Crippen molar-refractivity contribution in [3.05, 3.63) is 121 Å². The molecule has 36 heavy (non-hydrogen) atoms. The Labute approximate surface area is 225 Å². The van der Waals surface area contributed by atoms with Crippen molar-refractivity contribution in [2.24, 2.45) is 0 Å². The maximum Gasteiger partial charge on any atom is 0.120 e. The SMILES string of the molecule is CC(C)c1ccnc(-c2[c-]cccc2)c1.Cc1ccnc(-c2[c-]ccc3c2oc2ccccc23)c1.[Ir]. The van der Waals surface area contributed by atoms with Crippen LogP contribution in [0.15, 0.2) is 102 Å². The van der Waals surface area contributed by atoms with E-state index in [9.17, 15) is 0 Å². The van der Waals surface area contributed by atoms with Crippen molar-refractivity contribution in [3.8, 4) is 22.5 Å². The number of fused-ring (bicyclic) bond motifs is 3. The molecular weight excluding hydrogens is 621 g/mol. The topological polar surface area (TPSA) is 38.9 Å². The number of furan rings is 1. The summed E-state index contributed by atoms with van der Waals surface area (Å²) in [6, 6.07) is 34.7. The predicted octanol–water partition coefficient (Wildman–Crippen LogP) is 8.43.